The van der Waals surface area contributed by atoms with E-state index in [1.165, 1.54) is 11.0 Å². The van der Waals surface area contributed by atoms with E-state index in [1.54, 1.807) is 0 Å². The number of hydrogen-bond donors (Lipinski definition) is 1. The first-order valence-electron chi connectivity index (χ1n) is 5.90. The fraction of sp³-hybridized carbons (Fsp3) is 0.385. The molecule has 0 spiro atoms. The predicted octanol–water partition coefficient (Wildman–Crippen LogP) is 1.44. The molecule has 6 heteroatoms. The van der Waals surface area contributed by atoms with Crippen molar-refractivity contribution < 1.29 is 23.5 Å². The van der Waals surface area contributed by atoms with Crippen LogP contribution in [0.1, 0.15) is 12.0 Å². The second-order valence-electron chi connectivity index (χ2n) is 4.64. The van der Waals surface area contributed by atoms with Crippen molar-refractivity contribution in [3.8, 4) is 0 Å². The Kier molecular flexibility index (Phi) is 3.78. The highest BCUT2D eigenvalue weighted by Crippen LogP contribution is 2.21. The molecule has 4 nitrogen and oxygen atoms in total. The topological polar surface area (TPSA) is 57.6 Å². The standard InChI is InChI=1S/C13H13F2NO3/c14-10-2-1-3-11(15)9(10)5-12(17)16-6-8(7-16)4-13(18)19/h1-3,8H,4-7H2,(H,18,19). The molecule has 1 fully saturated rings. The number of aliphatic carboxylic acids is 1. The van der Waals surface area contributed by atoms with Crippen molar-refractivity contribution >= 4 is 11.9 Å². The Bertz CT molecular complexity index is 492. The number of carboxylic acids is 1. The van der Waals surface area contributed by atoms with Crippen LogP contribution in [-0.2, 0) is 16.0 Å². The second kappa shape index (κ2) is 5.34. The third-order valence-corrected chi connectivity index (χ3v) is 3.16. The number of carbonyl (C=O) groups excluding carboxylic acids is 1. The van der Waals surface area contributed by atoms with Gasteiger partial charge in [0.25, 0.3) is 0 Å². The molecule has 1 heterocycles. The number of hydrogen-bond acceptors (Lipinski definition) is 2. The minimum absolute atomic E-state index is 0.0117. The summed E-state index contributed by atoms with van der Waals surface area (Å²) in [6, 6.07) is 3.45. The maximum Gasteiger partial charge on any atom is 0.303 e. The molecular weight excluding hydrogens is 256 g/mol. The number of likely N-dealkylation sites (tertiary alicyclic amines) is 1. The van der Waals surface area contributed by atoms with Crippen LogP contribution in [0.3, 0.4) is 0 Å². The fourth-order valence-electron chi connectivity index (χ4n) is 2.11. The molecule has 0 aliphatic carbocycles. The molecule has 1 saturated heterocycles. The summed E-state index contributed by atoms with van der Waals surface area (Å²) < 4.78 is 26.7. The molecule has 19 heavy (non-hydrogen) atoms. The highest BCUT2D eigenvalue weighted by molar-refractivity contribution is 5.80. The maximum atomic E-state index is 13.4. The fourth-order valence-corrected chi connectivity index (χ4v) is 2.11. The molecule has 2 rings (SSSR count). The third-order valence-electron chi connectivity index (χ3n) is 3.16. The van der Waals surface area contributed by atoms with Crippen molar-refractivity contribution in [2.24, 2.45) is 5.92 Å². The Morgan fingerprint density at radius 3 is 2.37 bits per heavy atom. The first-order valence-corrected chi connectivity index (χ1v) is 5.90. The van der Waals surface area contributed by atoms with Gasteiger partial charge in [0, 0.05) is 24.6 Å². The SMILES string of the molecule is O=C(O)CC1CN(C(=O)Cc2c(F)cccc2F)C1. The van der Waals surface area contributed by atoms with Crippen LogP contribution in [-0.4, -0.2) is 35.0 Å². The average Bonchev–Trinajstić information content (AvgIpc) is 2.27. The van der Waals surface area contributed by atoms with Gasteiger partial charge in [0.1, 0.15) is 11.6 Å². The largest absolute Gasteiger partial charge is 0.481 e. The van der Waals surface area contributed by atoms with Crippen LogP contribution in [0.4, 0.5) is 8.78 Å². The zero-order valence-corrected chi connectivity index (χ0v) is 10.1. The van der Waals surface area contributed by atoms with Crippen LogP contribution in [0.2, 0.25) is 0 Å². The summed E-state index contributed by atoms with van der Waals surface area (Å²) in [7, 11) is 0. The zero-order chi connectivity index (χ0) is 14.0. The molecule has 0 atom stereocenters. The van der Waals surface area contributed by atoms with Crippen LogP contribution in [0, 0.1) is 17.6 Å². The Morgan fingerprint density at radius 1 is 1.26 bits per heavy atom. The van der Waals surface area contributed by atoms with Gasteiger partial charge in [0.15, 0.2) is 0 Å². The number of nitrogens with zero attached hydrogens (tertiary/aromatic N) is 1. The molecule has 1 aromatic rings. The highest BCUT2D eigenvalue weighted by Gasteiger charge is 2.32. The molecule has 1 amide bonds. The van der Waals surface area contributed by atoms with Gasteiger partial charge in [-0.15, -0.1) is 0 Å². The summed E-state index contributed by atoms with van der Waals surface area (Å²) in [6.45, 7) is 0.669. The highest BCUT2D eigenvalue weighted by atomic mass is 19.1. The van der Waals surface area contributed by atoms with Crippen LogP contribution < -0.4 is 0 Å². The summed E-state index contributed by atoms with van der Waals surface area (Å²) in [5.74, 6) is -2.83. The summed E-state index contributed by atoms with van der Waals surface area (Å²) >= 11 is 0. The zero-order valence-electron chi connectivity index (χ0n) is 10.1. The van der Waals surface area contributed by atoms with E-state index in [9.17, 15) is 18.4 Å². The minimum Gasteiger partial charge on any atom is -0.481 e. The van der Waals surface area contributed by atoms with Crippen molar-refractivity contribution in [1.82, 2.24) is 4.90 Å². The van der Waals surface area contributed by atoms with Gasteiger partial charge in [-0.1, -0.05) is 6.07 Å². The van der Waals surface area contributed by atoms with E-state index in [4.69, 9.17) is 5.11 Å². The predicted molar refractivity (Wildman–Crippen MR) is 62.4 cm³/mol. The maximum absolute atomic E-state index is 13.4. The molecule has 0 radical (unpaired) electrons. The van der Waals surface area contributed by atoms with Gasteiger partial charge >= 0.3 is 5.97 Å². The number of amides is 1. The average molecular weight is 269 g/mol. The number of benzene rings is 1. The van der Waals surface area contributed by atoms with Gasteiger partial charge in [-0.05, 0) is 12.1 Å². The normalized spacial score (nSPS) is 15.2. The first kappa shape index (κ1) is 13.5. The summed E-state index contributed by atoms with van der Waals surface area (Å²) in [5.41, 5.74) is -0.241. The lowest BCUT2D eigenvalue weighted by Crippen LogP contribution is -2.51. The molecule has 0 saturated carbocycles. The van der Waals surface area contributed by atoms with E-state index in [0.29, 0.717) is 13.1 Å². The Hall–Kier alpha value is -1.98. The Morgan fingerprint density at radius 2 is 1.84 bits per heavy atom. The Balaban J connectivity index is 1.91. The lowest BCUT2D eigenvalue weighted by molar-refractivity contribution is -0.144. The van der Waals surface area contributed by atoms with Crippen molar-refractivity contribution in [1.29, 1.82) is 0 Å². The van der Waals surface area contributed by atoms with Crippen molar-refractivity contribution in [3.63, 3.8) is 0 Å². The van der Waals surface area contributed by atoms with Crippen LogP contribution in [0.5, 0.6) is 0 Å². The summed E-state index contributed by atoms with van der Waals surface area (Å²) in [5, 5.41) is 8.58. The van der Waals surface area contributed by atoms with Gasteiger partial charge in [0.2, 0.25) is 5.91 Å². The monoisotopic (exact) mass is 269 g/mol. The molecular formula is C13H13F2NO3. The van der Waals surface area contributed by atoms with Crippen molar-refractivity contribution in [2.45, 2.75) is 12.8 Å². The number of halogens is 2. The van der Waals surface area contributed by atoms with Gasteiger partial charge in [-0.3, -0.25) is 9.59 Å². The number of rotatable bonds is 4. The van der Waals surface area contributed by atoms with E-state index in [0.717, 1.165) is 12.1 Å². The summed E-state index contributed by atoms with van der Waals surface area (Å²) in [4.78, 5) is 23.6. The molecule has 102 valence electrons. The van der Waals surface area contributed by atoms with Gasteiger partial charge in [-0.2, -0.15) is 0 Å². The van der Waals surface area contributed by atoms with Gasteiger partial charge in [-0.25, -0.2) is 8.78 Å². The van der Waals surface area contributed by atoms with Gasteiger partial charge in [0.05, 0.1) is 12.8 Å². The van der Waals surface area contributed by atoms with E-state index >= 15 is 0 Å². The minimum atomic E-state index is -0.905. The second-order valence-corrected chi connectivity index (χ2v) is 4.64. The van der Waals surface area contributed by atoms with E-state index in [-0.39, 0.29) is 30.2 Å². The van der Waals surface area contributed by atoms with Crippen molar-refractivity contribution in [2.75, 3.05) is 13.1 Å². The quantitative estimate of drug-likeness (QED) is 0.899. The molecule has 1 aliphatic rings. The molecule has 0 bridgehead atoms. The third kappa shape index (κ3) is 3.07. The lowest BCUT2D eigenvalue weighted by Gasteiger charge is -2.38. The Labute approximate surface area is 108 Å². The lowest BCUT2D eigenvalue weighted by atomic mass is 9.95. The molecule has 1 N–H and O–H groups in total. The number of carbonyl (C=O) groups is 2. The van der Waals surface area contributed by atoms with Crippen LogP contribution in [0.15, 0.2) is 18.2 Å². The van der Waals surface area contributed by atoms with E-state index in [2.05, 4.69) is 0 Å². The van der Waals surface area contributed by atoms with E-state index < -0.39 is 17.6 Å². The van der Waals surface area contributed by atoms with Crippen molar-refractivity contribution in [3.05, 3.63) is 35.4 Å². The number of carboxylic acid groups (broad SMARTS) is 1. The molecule has 1 aliphatic heterocycles. The summed E-state index contributed by atoms with van der Waals surface area (Å²) in [6.07, 6.45) is -0.323. The molecule has 1 aromatic carbocycles. The van der Waals surface area contributed by atoms with Crippen LogP contribution >= 0.6 is 0 Å². The van der Waals surface area contributed by atoms with Gasteiger partial charge < -0.3 is 10.0 Å². The van der Waals surface area contributed by atoms with Crippen LogP contribution in [0.25, 0.3) is 0 Å². The first-order chi connectivity index (χ1) is 8.97. The smallest absolute Gasteiger partial charge is 0.303 e. The molecule has 0 unspecified atom stereocenters. The molecule has 0 aromatic heterocycles. The van der Waals surface area contributed by atoms with E-state index in [1.807, 2.05) is 0 Å².